The van der Waals surface area contributed by atoms with Crippen LogP contribution in [-0.4, -0.2) is 14.4 Å². The summed E-state index contributed by atoms with van der Waals surface area (Å²) in [5, 5.41) is 0. The molecule has 9 atom stereocenters. The minimum absolute atomic E-state index is 0.501. The molecule has 0 aromatic rings. The zero-order valence-electron chi connectivity index (χ0n) is 23.7. The maximum atomic E-state index is 6.71. The Hall–Kier alpha value is -0.0831. The molecule has 0 bridgehead atoms. The van der Waals surface area contributed by atoms with Gasteiger partial charge >= 0.3 is 0 Å². The Kier molecular flexibility index (Phi) is 7.42. The molecule has 4 aliphatic carbocycles. The molecule has 0 aromatic carbocycles. The van der Waals surface area contributed by atoms with E-state index in [4.69, 9.17) is 4.43 Å². The number of hydrogen-bond donors (Lipinski definition) is 0. The van der Waals surface area contributed by atoms with Crippen molar-refractivity contribution in [3.8, 4) is 0 Å². The third-order valence-corrected chi connectivity index (χ3v) is 12.3. The Morgan fingerprint density at radius 1 is 0.939 bits per heavy atom. The van der Waals surface area contributed by atoms with E-state index in [1.165, 1.54) is 64.2 Å². The van der Waals surface area contributed by atoms with Crippen LogP contribution in [0.25, 0.3) is 0 Å². The lowest BCUT2D eigenvalue weighted by molar-refractivity contribution is -0.0718. The fraction of sp³-hybridized carbons (Fsp3) is 0.935. The van der Waals surface area contributed by atoms with E-state index in [0.717, 1.165) is 35.5 Å². The molecule has 1 nitrogen and oxygen atoms in total. The molecule has 3 fully saturated rings. The predicted molar refractivity (Wildman–Crippen MR) is 146 cm³/mol. The summed E-state index contributed by atoms with van der Waals surface area (Å²) in [5.74, 6) is 5.95. The standard InChI is InChI=1S/C31H56OSi/c1-21(2)11-10-12-22(3)25-15-16-27-24-13-14-26-23(4)29(32-33(7,8)9)18-20-31(26,6)28(24)17-19-30(25,27)5/h13,21-23,25-29H,10-12,14-20H2,1-9H3/t22-,23?,25-,26?,27+,28+,29?,30-,31+/m1/s1. The van der Waals surface area contributed by atoms with Crippen LogP contribution in [-0.2, 0) is 4.43 Å². The van der Waals surface area contributed by atoms with Gasteiger partial charge in [0, 0.05) is 6.10 Å². The van der Waals surface area contributed by atoms with Crippen LogP contribution < -0.4 is 0 Å². The fourth-order valence-electron chi connectivity index (χ4n) is 9.58. The molecular formula is C31H56OSi. The summed E-state index contributed by atoms with van der Waals surface area (Å²) >= 11 is 0. The van der Waals surface area contributed by atoms with Crippen molar-refractivity contribution in [3.63, 3.8) is 0 Å². The zero-order chi connectivity index (χ0) is 24.2. The van der Waals surface area contributed by atoms with E-state index in [9.17, 15) is 0 Å². The molecule has 0 N–H and O–H groups in total. The quantitative estimate of drug-likeness (QED) is 0.265. The van der Waals surface area contributed by atoms with Crippen molar-refractivity contribution in [2.24, 2.45) is 52.3 Å². The van der Waals surface area contributed by atoms with Crippen molar-refractivity contribution in [1.29, 1.82) is 0 Å². The highest BCUT2D eigenvalue weighted by Gasteiger charge is 2.59. The average Bonchev–Trinajstić information content (AvgIpc) is 3.06. The van der Waals surface area contributed by atoms with Gasteiger partial charge in [-0.1, -0.05) is 72.5 Å². The first kappa shape index (κ1) is 26.0. The van der Waals surface area contributed by atoms with Gasteiger partial charge in [0.05, 0.1) is 0 Å². The molecule has 0 radical (unpaired) electrons. The third-order valence-electron chi connectivity index (χ3n) is 11.3. The van der Waals surface area contributed by atoms with Gasteiger partial charge in [-0.05, 0) is 117 Å². The monoisotopic (exact) mass is 472 g/mol. The van der Waals surface area contributed by atoms with Crippen LogP contribution in [0, 0.1) is 52.3 Å². The lowest BCUT2D eigenvalue weighted by Gasteiger charge is -2.60. The molecule has 0 aliphatic heterocycles. The second-order valence-electron chi connectivity index (χ2n) is 14.9. The number of allylic oxidation sites excluding steroid dienone is 2. The first-order valence-corrected chi connectivity index (χ1v) is 18.2. The van der Waals surface area contributed by atoms with Crippen molar-refractivity contribution in [2.45, 2.75) is 131 Å². The SMILES string of the molecule is CC(C)CCC[C@@H](C)[C@H]1CC[C@H]2C3=CCC4C(C)C(O[Si](C)(C)C)CC[C@]4(C)[C@H]3CC[C@]12C. The lowest BCUT2D eigenvalue weighted by Crippen LogP contribution is -2.54. The molecule has 0 saturated heterocycles. The van der Waals surface area contributed by atoms with Crippen molar-refractivity contribution in [2.75, 3.05) is 0 Å². The first-order valence-electron chi connectivity index (χ1n) is 14.7. The second-order valence-corrected chi connectivity index (χ2v) is 19.3. The predicted octanol–water partition coefficient (Wildman–Crippen LogP) is 9.49. The summed E-state index contributed by atoms with van der Waals surface area (Å²) in [7, 11) is -1.48. The fourth-order valence-corrected chi connectivity index (χ4v) is 10.8. The summed E-state index contributed by atoms with van der Waals surface area (Å²) in [6.45, 7) is 22.4. The van der Waals surface area contributed by atoms with E-state index in [-0.39, 0.29) is 0 Å². The molecule has 4 rings (SSSR count). The van der Waals surface area contributed by atoms with E-state index in [1.54, 1.807) is 0 Å². The Balaban J connectivity index is 1.50. The van der Waals surface area contributed by atoms with E-state index < -0.39 is 8.32 Å². The summed E-state index contributed by atoms with van der Waals surface area (Å²) in [4.78, 5) is 0. The van der Waals surface area contributed by atoms with Crippen LogP contribution in [0.1, 0.15) is 106 Å². The van der Waals surface area contributed by atoms with Gasteiger partial charge in [0.15, 0.2) is 8.32 Å². The van der Waals surface area contributed by atoms with E-state index in [1.807, 2.05) is 5.57 Å². The van der Waals surface area contributed by atoms with E-state index in [0.29, 0.717) is 22.9 Å². The third kappa shape index (κ3) is 4.83. The van der Waals surface area contributed by atoms with Crippen LogP contribution in [0.4, 0.5) is 0 Å². The molecule has 4 aliphatic rings. The van der Waals surface area contributed by atoms with Crippen molar-refractivity contribution >= 4 is 8.32 Å². The summed E-state index contributed by atoms with van der Waals surface area (Å²) in [5.41, 5.74) is 2.99. The van der Waals surface area contributed by atoms with Crippen LogP contribution in [0.5, 0.6) is 0 Å². The topological polar surface area (TPSA) is 9.23 Å². The maximum Gasteiger partial charge on any atom is 0.184 e. The maximum absolute atomic E-state index is 6.71. The minimum Gasteiger partial charge on any atom is -0.414 e. The largest absolute Gasteiger partial charge is 0.414 e. The molecule has 0 amide bonds. The highest BCUT2D eigenvalue weighted by Crippen LogP contribution is 2.67. The van der Waals surface area contributed by atoms with Crippen LogP contribution in [0.3, 0.4) is 0 Å². The van der Waals surface area contributed by atoms with Crippen molar-refractivity contribution in [3.05, 3.63) is 11.6 Å². The lowest BCUT2D eigenvalue weighted by atomic mass is 9.46. The van der Waals surface area contributed by atoms with E-state index >= 15 is 0 Å². The van der Waals surface area contributed by atoms with Crippen molar-refractivity contribution in [1.82, 2.24) is 0 Å². The van der Waals surface area contributed by atoms with Gasteiger partial charge in [0.2, 0.25) is 0 Å². The van der Waals surface area contributed by atoms with Gasteiger partial charge in [-0.25, -0.2) is 0 Å². The van der Waals surface area contributed by atoms with Gasteiger partial charge in [0.25, 0.3) is 0 Å². The second kappa shape index (κ2) is 9.42. The van der Waals surface area contributed by atoms with Crippen LogP contribution in [0.15, 0.2) is 11.6 Å². The van der Waals surface area contributed by atoms with Gasteiger partial charge in [-0.3, -0.25) is 0 Å². The minimum atomic E-state index is -1.48. The average molecular weight is 473 g/mol. The summed E-state index contributed by atoms with van der Waals surface area (Å²) in [6, 6.07) is 0. The Morgan fingerprint density at radius 3 is 2.27 bits per heavy atom. The highest BCUT2D eigenvalue weighted by molar-refractivity contribution is 6.69. The Morgan fingerprint density at radius 2 is 1.61 bits per heavy atom. The van der Waals surface area contributed by atoms with Gasteiger partial charge in [0.1, 0.15) is 0 Å². The normalized spacial score (nSPS) is 44.1. The molecule has 3 unspecified atom stereocenters. The van der Waals surface area contributed by atoms with Crippen molar-refractivity contribution < 1.29 is 4.43 Å². The van der Waals surface area contributed by atoms with Crippen LogP contribution in [0.2, 0.25) is 19.6 Å². The molecule has 0 aromatic heterocycles. The smallest absolute Gasteiger partial charge is 0.184 e. The molecular weight excluding hydrogens is 416 g/mol. The van der Waals surface area contributed by atoms with E-state index in [2.05, 4.69) is 67.3 Å². The van der Waals surface area contributed by atoms with Gasteiger partial charge in [-0.15, -0.1) is 0 Å². The number of hydrogen-bond acceptors (Lipinski definition) is 1. The summed E-state index contributed by atoms with van der Waals surface area (Å²) in [6.07, 6.45) is 17.4. The molecule has 2 heteroatoms. The number of rotatable bonds is 7. The number of fused-ring (bicyclic) bond motifs is 5. The Bertz CT molecular complexity index is 719. The highest BCUT2D eigenvalue weighted by atomic mass is 28.4. The molecule has 190 valence electrons. The van der Waals surface area contributed by atoms with Gasteiger partial charge in [-0.2, -0.15) is 0 Å². The zero-order valence-corrected chi connectivity index (χ0v) is 24.7. The Labute approximate surface area is 208 Å². The summed E-state index contributed by atoms with van der Waals surface area (Å²) < 4.78 is 6.71. The molecule has 0 heterocycles. The van der Waals surface area contributed by atoms with Gasteiger partial charge < -0.3 is 4.43 Å². The molecule has 33 heavy (non-hydrogen) atoms. The molecule has 3 saturated carbocycles. The molecule has 0 spiro atoms. The first-order chi connectivity index (χ1) is 15.4. The van der Waals surface area contributed by atoms with Crippen LogP contribution >= 0.6 is 0 Å².